The van der Waals surface area contributed by atoms with E-state index < -0.39 is 18.1 Å². The molecule has 5 N–H and O–H groups in total. The summed E-state index contributed by atoms with van der Waals surface area (Å²) in [7, 11) is 0. The first-order chi connectivity index (χ1) is 14.9. The summed E-state index contributed by atoms with van der Waals surface area (Å²) >= 11 is 5.56. The van der Waals surface area contributed by atoms with Crippen LogP contribution >= 0.6 is 24.4 Å². The molecule has 0 radical (unpaired) electrons. The van der Waals surface area contributed by atoms with Gasteiger partial charge in [0.25, 0.3) is 0 Å². The summed E-state index contributed by atoms with van der Waals surface area (Å²) in [4.78, 5) is 36.0. The van der Waals surface area contributed by atoms with Crippen LogP contribution in [0.25, 0.3) is 0 Å². The summed E-state index contributed by atoms with van der Waals surface area (Å²) in [6, 6.07) is 8.27. The Labute approximate surface area is 194 Å². The number of hydrogen-bond acceptors (Lipinski definition) is 6. The van der Waals surface area contributed by atoms with Crippen LogP contribution in [0.2, 0.25) is 0 Å². The minimum absolute atomic E-state index is 0.207. The number of thioether (sulfide) groups is 1. The summed E-state index contributed by atoms with van der Waals surface area (Å²) < 4.78 is 0. The van der Waals surface area contributed by atoms with Crippen LogP contribution in [0, 0.1) is 5.92 Å². The molecule has 0 fully saturated rings. The van der Waals surface area contributed by atoms with Gasteiger partial charge in [0.05, 0.1) is 6.04 Å². The van der Waals surface area contributed by atoms with Gasteiger partial charge in [-0.2, -0.15) is 24.4 Å². The van der Waals surface area contributed by atoms with Gasteiger partial charge in [-0.25, -0.2) is 4.79 Å². The predicted molar refractivity (Wildman–Crippen MR) is 130 cm³/mol. The fraction of sp³-hybridized carbons (Fsp3) is 0.591. The minimum atomic E-state index is -1.00. The van der Waals surface area contributed by atoms with Crippen molar-refractivity contribution in [1.82, 2.24) is 10.6 Å². The average molecular weight is 470 g/mol. The lowest BCUT2D eigenvalue weighted by atomic mass is 9.92. The van der Waals surface area contributed by atoms with Gasteiger partial charge in [-0.15, -0.1) is 0 Å². The standard InChI is InChI=1S/C22H35N3O4S2/c1-31-13-11-19(22(28)29)25-20(26)17(14-16-8-4-2-5-9-16)10-6-3-7-12-24-21(27)18(23)15-30/h2,4-5,8-9,17-19,30H,3,6-7,10-15,23H2,1H3,(H,24,27)(H,25,26)(H,28,29). The highest BCUT2D eigenvalue weighted by Gasteiger charge is 2.25. The first kappa shape index (κ1) is 27.3. The highest BCUT2D eigenvalue weighted by atomic mass is 32.2. The molecule has 31 heavy (non-hydrogen) atoms. The van der Waals surface area contributed by atoms with Gasteiger partial charge in [-0.1, -0.05) is 43.2 Å². The molecular formula is C22H35N3O4S2. The van der Waals surface area contributed by atoms with Gasteiger partial charge in [-0.05, 0) is 43.3 Å². The Bertz CT molecular complexity index is 676. The Kier molecular flexibility index (Phi) is 14.1. The normalized spacial score (nSPS) is 13.8. The molecule has 0 saturated carbocycles. The number of rotatable bonds is 16. The molecule has 0 aliphatic heterocycles. The number of thiol groups is 1. The summed E-state index contributed by atoms with van der Waals surface area (Å²) in [5.41, 5.74) is 6.67. The lowest BCUT2D eigenvalue weighted by Gasteiger charge is -2.20. The first-order valence-corrected chi connectivity index (χ1v) is 12.6. The molecule has 0 aliphatic carbocycles. The Morgan fingerprint density at radius 3 is 2.42 bits per heavy atom. The van der Waals surface area contributed by atoms with Crippen LogP contribution in [0.3, 0.4) is 0 Å². The molecule has 7 nitrogen and oxygen atoms in total. The van der Waals surface area contributed by atoms with Crippen molar-refractivity contribution in [3.05, 3.63) is 35.9 Å². The van der Waals surface area contributed by atoms with E-state index in [1.165, 1.54) is 0 Å². The van der Waals surface area contributed by atoms with E-state index >= 15 is 0 Å². The van der Waals surface area contributed by atoms with E-state index in [1.54, 1.807) is 11.8 Å². The van der Waals surface area contributed by atoms with Gasteiger partial charge < -0.3 is 21.5 Å². The molecule has 3 atom stereocenters. The van der Waals surface area contributed by atoms with E-state index in [0.29, 0.717) is 37.3 Å². The topological polar surface area (TPSA) is 122 Å². The lowest BCUT2D eigenvalue weighted by Crippen LogP contribution is -2.44. The number of nitrogens with two attached hydrogens (primary N) is 1. The number of nitrogens with one attached hydrogen (secondary N) is 2. The highest BCUT2D eigenvalue weighted by molar-refractivity contribution is 7.98. The van der Waals surface area contributed by atoms with Crippen molar-refractivity contribution in [1.29, 1.82) is 0 Å². The Morgan fingerprint density at radius 2 is 1.81 bits per heavy atom. The fourth-order valence-electron chi connectivity index (χ4n) is 3.13. The average Bonchev–Trinajstić information content (AvgIpc) is 2.77. The van der Waals surface area contributed by atoms with Gasteiger partial charge >= 0.3 is 5.97 Å². The summed E-state index contributed by atoms with van der Waals surface area (Å²) in [5, 5.41) is 14.9. The van der Waals surface area contributed by atoms with Crippen molar-refractivity contribution in [3.63, 3.8) is 0 Å². The summed E-state index contributed by atoms with van der Waals surface area (Å²) in [6.45, 7) is 0.533. The van der Waals surface area contributed by atoms with Gasteiger partial charge in [0, 0.05) is 18.2 Å². The number of benzene rings is 1. The minimum Gasteiger partial charge on any atom is -0.480 e. The number of aliphatic carboxylic acids is 1. The van der Waals surface area contributed by atoms with Gasteiger partial charge in [-0.3, -0.25) is 9.59 Å². The molecule has 0 aromatic heterocycles. The smallest absolute Gasteiger partial charge is 0.326 e. The Morgan fingerprint density at radius 1 is 1.10 bits per heavy atom. The number of carbonyl (C=O) groups excluding carboxylic acids is 2. The molecule has 3 unspecified atom stereocenters. The zero-order valence-corrected chi connectivity index (χ0v) is 19.8. The van der Waals surface area contributed by atoms with Crippen LogP contribution < -0.4 is 16.4 Å². The Balaban J connectivity index is 2.58. The number of amides is 2. The largest absolute Gasteiger partial charge is 0.480 e. The maximum absolute atomic E-state index is 12.9. The molecule has 0 bridgehead atoms. The van der Waals surface area contributed by atoms with E-state index in [9.17, 15) is 19.5 Å². The van der Waals surface area contributed by atoms with Crippen LogP contribution in [-0.2, 0) is 20.8 Å². The lowest BCUT2D eigenvalue weighted by molar-refractivity contribution is -0.142. The van der Waals surface area contributed by atoms with Gasteiger partial charge in [0.1, 0.15) is 6.04 Å². The monoisotopic (exact) mass is 469 g/mol. The van der Waals surface area contributed by atoms with Crippen LogP contribution in [0.4, 0.5) is 0 Å². The van der Waals surface area contributed by atoms with Crippen LogP contribution in [0.15, 0.2) is 30.3 Å². The van der Waals surface area contributed by atoms with E-state index in [-0.39, 0.29) is 17.7 Å². The van der Waals surface area contributed by atoms with E-state index in [4.69, 9.17) is 5.73 Å². The van der Waals surface area contributed by atoms with Crippen molar-refractivity contribution in [2.24, 2.45) is 11.7 Å². The number of carbonyl (C=O) groups is 3. The molecular weight excluding hydrogens is 434 g/mol. The maximum atomic E-state index is 12.9. The second-order valence-corrected chi connectivity index (χ2v) is 8.85. The number of carboxylic acid groups (broad SMARTS) is 1. The third-order valence-electron chi connectivity index (χ3n) is 4.98. The zero-order chi connectivity index (χ0) is 23.1. The van der Waals surface area contributed by atoms with Crippen molar-refractivity contribution < 1.29 is 19.5 Å². The van der Waals surface area contributed by atoms with E-state index in [2.05, 4.69) is 23.3 Å². The summed E-state index contributed by atoms with van der Waals surface area (Å²) in [6.07, 6.45) is 5.97. The SMILES string of the molecule is CSCCC(NC(=O)C(CCCCCNC(=O)C(N)CS)Cc1ccccc1)C(=O)O. The molecule has 0 heterocycles. The maximum Gasteiger partial charge on any atom is 0.326 e. The summed E-state index contributed by atoms with van der Waals surface area (Å²) in [5.74, 6) is -0.756. The molecule has 1 aromatic rings. The number of carboxylic acids is 1. The molecule has 0 aliphatic rings. The Hall–Kier alpha value is -1.71. The van der Waals surface area contributed by atoms with Gasteiger partial charge in [0.15, 0.2) is 0 Å². The van der Waals surface area contributed by atoms with Crippen LogP contribution in [0.1, 0.15) is 37.7 Å². The van der Waals surface area contributed by atoms with Crippen LogP contribution in [-0.4, -0.2) is 59.3 Å². The molecule has 1 rings (SSSR count). The second-order valence-electron chi connectivity index (χ2n) is 7.50. The molecule has 2 amide bonds. The van der Waals surface area contributed by atoms with Gasteiger partial charge in [0.2, 0.25) is 11.8 Å². The fourth-order valence-corrected chi connectivity index (χ4v) is 3.76. The quantitative estimate of drug-likeness (QED) is 0.187. The van der Waals surface area contributed by atoms with Crippen LogP contribution in [0.5, 0.6) is 0 Å². The third-order valence-corrected chi connectivity index (χ3v) is 6.02. The first-order valence-electron chi connectivity index (χ1n) is 10.6. The molecule has 9 heteroatoms. The molecule has 174 valence electrons. The van der Waals surface area contributed by atoms with Crippen molar-refractivity contribution >= 4 is 42.2 Å². The van der Waals surface area contributed by atoms with Crippen molar-refractivity contribution in [2.75, 3.05) is 24.3 Å². The number of hydrogen-bond donors (Lipinski definition) is 5. The van der Waals surface area contributed by atoms with Crippen molar-refractivity contribution in [3.8, 4) is 0 Å². The van der Waals surface area contributed by atoms with E-state index in [0.717, 1.165) is 24.8 Å². The molecule has 0 spiro atoms. The molecule has 0 saturated heterocycles. The third kappa shape index (κ3) is 11.5. The predicted octanol–water partition coefficient (Wildman–Crippen LogP) is 2.10. The van der Waals surface area contributed by atoms with Crippen molar-refractivity contribution in [2.45, 2.75) is 50.6 Å². The number of unbranched alkanes of at least 4 members (excludes halogenated alkanes) is 2. The second kappa shape index (κ2) is 16.0. The molecule has 1 aromatic carbocycles. The van der Waals surface area contributed by atoms with E-state index in [1.807, 2.05) is 36.6 Å². The zero-order valence-electron chi connectivity index (χ0n) is 18.1. The highest BCUT2D eigenvalue weighted by Crippen LogP contribution is 2.17.